The Kier molecular flexibility index (Phi) is 4.42. The molecule has 1 saturated carbocycles. The zero-order valence-corrected chi connectivity index (χ0v) is 17.0. The van der Waals surface area contributed by atoms with Crippen molar-refractivity contribution in [1.82, 2.24) is 9.03 Å². The average molecular weight is 451 g/mol. The fraction of sp³-hybridized carbons (Fsp3) is 0.316. The van der Waals surface area contributed by atoms with E-state index in [0.29, 0.717) is 0 Å². The summed E-state index contributed by atoms with van der Waals surface area (Å²) in [7, 11) is -3.97. The molecule has 4 rings (SSSR count). The Morgan fingerprint density at radius 1 is 1.19 bits per heavy atom. The summed E-state index contributed by atoms with van der Waals surface area (Å²) < 4.78 is 30.7. The topological polar surface area (TPSA) is 86.7 Å². The van der Waals surface area contributed by atoms with Crippen molar-refractivity contribution >= 4 is 32.1 Å². The van der Waals surface area contributed by atoms with Crippen LogP contribution in [0, 0.1) is 5.92 Å². The first-order chi connectivity index (χ1) is 12.8. The third kappa shape index (κ3) is 3.00. The second-order valence-electron chi connectivity index (χ2n) is 7.14. The monoisotopic (exact) mass is 450 g/mol. The highest BCUT2D eigenvalue weighted by atomic mass is 79.9. The molecule has 0 amide bonds. The van der Waals surface area contributed by atoms with Crippen molar-refractivity contribution in [3.63, 3.8) is 0 Å². The number of carbonyl (C=O) groups is 1. The molecular weight excluding hydrogens is 432 g/mol. The quantitative estimate of drug-likeness (QED) is 0.732. The first-order valence-electron chi connectivity index (χ1n) is 8.60. The van der Waals surface area contributed by atoms with Gasteiger partial charge >= 0.3 is 5.97 Å². The van der Waals surface area contributed by atoms with E-state index in [4.69, 9.17) is 0 Å². The van der Waals surface area contributed by atoms with Gasteiger partial charge in [0.05, 0.1) is 0 Å². The first-order valence-corrected chi connectivity index (χ1v) is 10.8. The minimum absolute atomic E-state index is 0.226. The minimum Gasteiger partial charge on any atom is -0.480 e. The van der Waals surface area contributed by atoms with Gasteiger partial charge in [-0.25, -0.2) is 0 Å². The van der Waals surface area contributed by atoms with E-state index in [0.717, 1.165) is 21.2 Å². The summed E-state index contributed by atoms with van der Waals surface area (Å²) in [6.07, 6.45) is 0. The van der Waals surface area contributed by atoms with Gasteiger partial charge in [-0.05, 0) is 34.7 Å². The van der Waals surface area contributed by atoms with Gasteiger partial charge in [-0.15, -0.1) is 0 Å². The lowest BCUT2D eigenvalue weighted by molar-refractivity contribution is -0.140. The maximum atomic E-state index is 13.0. The maximum Gasteiger partial charge on any atom is 0.325 e. The van der Waals surface area contributed by atoms with Crippen LogP contribution in [-0.2, 0) is 28.1 Å². The molecule has 2 aliphatic rings. The molecule has 0 saturated heterocycles. The van der Waals surface area contributed by atoms with E-state index in [-0.39, 0.29) is 19.0 Å². The molecule has 0 bridgehead atoms. The maximum absolute atomic E-state index is 13.0. The molecule has 1 fully saturated rings. The molecule has 1 unspecified atom stereocenters. The van der Waals surface area contributed by atoms with Gasteiger partial charge in [0.2, 0.25) is 0 Å². The van der Waals surface area contributed by atoms with Gasteiger partial charge in [-0.3, -0.25) is 4.79 Å². The van der Waals surface area contributed by atoms with Crippen molar-refractivity contribution < 1.29 is 18.3 Å². The number of aliphatic carboxylic acids is 1. The van der Waals surface area contributed by atoms with E-state index in [1.54, 1.807) is 6.92 Å². The van der Waals surface area contributed by atoms with Crippen LogP contribution in [0.2, 0.25) is 0 Å². The van der Waals surface area contributed by atoms with Crippen LogP contribution in [0.3, 0.4) is 0 Å². The molecule has 0 aromatic heterocycles. The van der Waals surface area contributed by atoms with Crippen LogP contribution in [0.25, 0.3) is 0 Å². The fourth-order valence-corrected chi connectivity index (χ4v) is 6.06. The van der Waals surface area contributed by atoms with E-state index in [2.05, 4.69) is 20.7 Å². The van der Waals surface area contributed by atoms with Crippen LogP contribution < -0.4 is 4.72 Å². The van der Waals surface area contributed by atoms with Gasteiger partial charge in [0.1, 0.15) is 5.54 Å². The number of carboxylic acids is 1. The number of halogens is 1. The standard InChI is InChI=1S/C19H19BrN2O4S/c1-12-17(13-5-3-2-4-6-13)19(12,18(23)24)21-27(25,26)22-10-14-7-8-16(20)9-15(14)11-22/h2-9,12,17,21H,10-11H2,1H3,(H,23,24)/t12?,17-,19-/m0/s1. The number of rotatable bonds is 5. The van der Waals surface area contributed by atoms with Crippen LogP contribution in [0.1, 0.15) is 29.5 Å². The molecule has 6 nitrogen and oxygen atoms in total. The Morgan fingerprint density at radius 3 is 2.52 bits per heavy atom. The minimum atomic E-state index is -3.97. The highest BCUT2D eigenvalue weighted by Gasteiger charge is 2.70. The lowest BCUT2D eigenvalue weighted by atomic mass is 10.1. The van der Waals surface area contributed by atoms with Crippen molar-refractivity contribution in [3.05, 3.63) is 69.7 Å². The van der Waals surface area contributed by atoms with E-state index in [1.165, 1.54) is 4.31 Å². The molecule has 0 radical (unpaired) electrons. The lowest BCUT2D eigenvalue weighted by Crippen LogP contribution is -2.50. The predicted molar refractivity (Wildman–Crippen MR) is 104 cm³/mol. The van der Waals surface area contributed by atoms with E-state index >= 15 is 0 Å². The summed E-state index contributed by atoms with van der Waals surface area (Å²) in [6, 6.07) is 14.8. The molecule has 8 heteroatoms. The molecule has 2 aromatic carbocycles. The first kappa shape index (κ1) is 18.6. The molecule has 2 aromatic rings. The largest absolute Gasteiger partial charge is 0.480 e. The summed E-state index contributed by atoms with van der Waals surface area (Å²) in [6.45, 7) is 2.23. The third-order valence-corrected chi connectivity index (χ3v) is 7.64. The number of hydrogen-bond donors (Lipinski definition) is 2. The fourth-order valence-electron chi connectivity index (χ4n) is 4.08. The van der Waals surface area contributed by atoms with Gasteiger partial charge in [-0.2, -0.15) is 17.4 Å². The Balaban J connectivity index is 1.61. The lowest BCUT2D eigenvalue weighted by Gasteiger charge is -2.21. The summed E-state index contributed by atoms with van der Waals surface area (Å²) >= 11 is 3.39. The van der Waals surface area contributed by atoms with Crippen LogP contribution in [0.4, 0.5) is 0 Å². The smallest absolute Gasteiger partial charge is 0.325 e. The van der Waals surface area contributed by atoms with Gasteiger partial charge in [-0.1, -0.05) is 59.3 Å². The highest BCUT2D eigenvalue weighted by molar-refractivity contribution is 9.10. The molecule has 1 aliphatic carbocycles. The van der Waals surface area contributed by atoms with Crippen molar-refractivity contribution in [2.45, 2.75) is 31.5 Å². The van der Waals surface area contributed by atoms with Gasteiger partial charge < -0.3 is 5.11 Å². The number of hydrogen-bond acceptors (Lipinski definition) is 3. The van der Waals surface area contributed by atoms with E-state index in [1.807, 2.05) is 48.5 Å². The van der Waals surface area contributed by atoms with Gasteiger partial charge in [0.25, 0.3) is 10.2 Å². The van der Waals surface area contributed by atoms with Crippen molar-refractivity contribution in [3.8, 4) is 0 Å². The van der Waals surface area contributed by atoms with Gasteiger partial charge in [0.15, 0.2) is 0 Å². The van der Waals surface area contributed by atoms with Crippen molar-refractivity contribution in [2.24, 2.45) is 5.92 Å². The molecule has 0 spiro atoms. The second-order valence-corrected chi connectivity index (χ2v) is 9.73. The predicted octanol–water partition coefficient (Wildman–Crippen LogP) is 2.86. The Bertz CT molecular complexity index is 1010. The van der Waals surface area contributed by atoms with Crippen LogP contribution in [-0.4, -0.2) is 29.3 Å². The second kappa shape index (κ2) is 6.41. The molecule has 1 heterocycles. The molecule has 3 atom stereocenters. The Hall–Kier alpha value is -1.74. The number of fused-ring (bicyclic) bond motifs is 1. The molecular formula is C19H19BrN2O4S. The van der Waals surface area contributed by atoms with Crippen LogP contribution in [0.15, 0.2) is 53.0 Å². The zero-order valence-electron chi connectivity index (χ0n) is 14.6. The Morgan fingerprint density at radius 2 is 1.85 bits per heavy atom. The Labute approximate surface area is 166 Å². The highest BCUT2D eigenvalue weighted by Crippen LogP contribution is 2.58. The molecule has 142 valence electrons. The molecule has 1 aliphatic heterocycles. The summed E-state index contributed by atoms with van der Waals surface area (Å²) in [5, 5.41) is 9.87. The SMILES string of the molecule is CC1[C@@H](c2ccccc2)[C@]1(NS(=O)(=O)N1Cc2ccc(Br)cc2C1)C(=O)O. The van der Waals surface area contributed by atoms with Gasteiger partial charge in [0, 0.05) is 23.5 Å². The average Bonchev–Trinajstić information content (AvgIpc) is 3.00. The van der Waals surface area contributed by atoms with E-state index < -0.39 is 27.6 Å². The molecule has 27 heavy (non-hydrogen) atoms. The number of benzene rings is 2. The van der Waals surface area contributed by atoms with Crippen LogP contribution in [0.5, 0.6) is 0 Å². The van der Waals surface area contributed by atoms with E-state index in [9.17, 15) is 18.3 Å². The number of nitrogens with one attached hydrogen (secondary N) is 1. The summed E-state index contributed by atoms with van der Waals surface area (Å²) in [5.41, 5.74) is 1.15. The zero-order chi connectivity index (χ0) is 19.4. The van der Waals surface area contributed by atoms with Crippen molar-refractivity contribution in [1.29, 1.82) is 0 Å². The summed E-state index contributed by atoms with van der Waals surface area (Å²) in [4.78, 5) is 12.1. The third-order valence-electron chi connectivity index (χ3n) is 5.61. The summed E-state index contributed by atoms with van der Waals surface area (Å²) in [5.74, 6) is -1.89. The number of carboxylic acid groups (broad SMARTS) is 1. The normalized spacial score (nSPS) is 27.3. The van der Waals surface area contributed by atoms with Crippen LogP contribution >= 0.6 is 15.9 Å². The number of nitrogens with zero attached hydrogens (tertiary/aromatic N) is 1. The van der Waals surface area contributed by atoms with Crippen molar-refractivity contribution in [2.75, 3.05) is 0 Å². The molecule has 2 N–H and O–H groups in total.